The molecule has 1 aromatic rings. The average molecular weight is 251 g/mol. The van der Waals surface area contributed by atoms with Crippen molar-refractivity contribution in [3.05, 3.63) is 29.8 Å². The quantitative estimate of drug-likeness (QED) is 0.769. The van der Waals surface area contributed by atoms with Gasteiger partial charge in [0.05, 0.1) is 13.0 Å². The second kappa shape index (κ2) is 5.85. The number of hydrogen-bond donors (Lipinski definition) is 0. The highest BCUT2D eigenvalue weighted by atomic mass is 19.1. The van der Waals surface area contributed by atoms with E-state index in [2.05, 4.69) is 0 Å². The molecule has 0 aliphatic carbocycles. The lowest BCUT2D eigenvalue weighted by molar-refractivity contribution is -0.142. The fourth-order valence-electron chi connectivity index (χ4n) is 2.16. The molecule has 1 aliphatic rings. The highest BCUT2D eigenvalue weighted by Gasteiger charge is 2.21. The van der Waals surface area contributed by atoms with Crippen LogP contribution in [-0.2, 0) is 16.0 Å². The number of halogens is 1. The van der Waals surface area contributed by atoms with E-state index >= 15 is 0 Å². The predicted molar refractivity (Wildman–Crippen MR) is 68.5 cm³/mol. The third-order valence-electron chi connectivity index (χ3n) is 3.09. The SMILES string of the molecule is CCOC(=O)Cc1ccc(N2CC[C@@H](F)C2)cc1. The van der Waals surface area contributed by atoms with Crippen molar-refractivity contribution >= 4 is 11.7 Å². The lowest BCUT2D eigenvalue weighted by atomic mass is 10.1. The Balaban J connectivity index is 1.95. The van der Waals surface area contributed by atoms with Crippen LogP contribution in [-0.4, -0.2) is 31.8 Å². The third-order valence-corrected chi connectivity index (χ3v) is 3.09. The molecule has 0 bridgehead atoms. The number of esters is 1. The van der Waals surface area contributed by atoms with Gasteiger partial charge < -0.3 is 9.64 Å². The van der Waals surface area contributed by atoms with Gasteiger partial charge in [-0.3, -0.25) is 4.79 Å². The van der Waals surface area contributed by atoms with Crippen molar-refractivity contribution < 1.29 is 13.9 Å². The van der Waals surface area contributed by atoms with E-state index in [1.165, 1.54) is 0 Å². The number of carbonyl (C=O) groups excluding carboxylic acids is 1. The standard InChI is InChI=1S/C14H18FNO2/c1-2-18-14(17)9-11-3-5-13(6-4-11)16-8-7-12(15)10-16/h3-6,12H,2,7-10H2,1H3/t12-/m1/s1. The molecule has 0 aromatic heterocycles. The monoisotopic (exact) mass is 251 g/mol. The topological polar surface area (TPSA) is 29.5 Å². The number of benzene rings is 1. The third kappa shape index (κ3) is 3.22. The zero-order valence-electron chi connectivity index (χ0n) is 10.6. The van der Waals surface area contributed by atoms with Gasteiger partial charge in [0.1, 0.15) is 6.17 Å². The van der Waals surface area contributed by atoms with E-state index in [0.717, 1.165) is 17.8 Å². The van der Waals surface area contributed by atoms with E-state index in [1.54, 1.807) is 6.92 Å². The number of hydrogen-bond acceptors (Lipinski definition) is 3. The number of alkyl halides is 1. The van der Waals surface area contributed by atoms with Crippen molar-refractivity contribution in [3.8, 4) is 0 Å². The van der Waals surface area contributed by atoms with Crippen molar-refractivity contribution in [3.63, 3.8) is 0 Å². The first-order chi connectivity index (χ1) is 8.69. The summed E-state index contributed by atoms with van der Waals surface area (Å²) in [5, 5.41) is 0. The summed E-state index contributed by atoms with van der Waals surface area (Å²) in [7, 11) is 0. The van der Waals surface area contributed by atoms with Gasteiger partial charge in [-0.1, -0.05) is 12.1 Å². The Kier molecular flexibility index (Phi) is 4.18. The summed E-state index contributed by atoms with van der Waals surface area (Å²) in [6.07, 6.45) is 0.175. The van der Waals surface area contributed by atoms with Crippen molar-refractivity contribution in [1.29, 1.82) is 0 Å². The molecule has 0 radical (unpaired) electrons. The maximum atomic E-state index is 13.1. The lowest BCUT2D eigenvalue weighted by Gasteiger charge is -2.17. The summed E-state index contributed by atoms with van der Waals surface area (Å²) < 4.78 is 18.0. The van der Waals surface area contributed by atoms with Crippen LogP contribution in [0.1, 0.15) is 18.9 Å². The molecule has 1 atom stereocenters. The normalized spacial score (nSPS) is 19.0. The number of rotatable bonds is 4. The number of carbonyl (C=O) groups is 1. The smallest absolute Gasteiger partial charge is 0.310 e. The van der Waals surface area contributed by atoms with Crippen LogP contribution in [0.25, 0.3) is 0 Å². The largest absolute Gasteiger partial charge is 0.466 e. The minimum Gasteiger partial charge on any atom is -0.466 e. The molecule has 18 heavy (non-hydrogen) atoms. The number of nitrogens with zero attached hydrogens (tertiary/aromatic N) is 1. The molecule has 1 fully saturated rings. The molecule has 0 N–H and O–H groups in total. The van der Waals surface area contributed by atoms with Crippen LogP contribution in [0, 0.1) is 0 Å². The Bertz CT molecular complexity index is 405. The van der Waals surface area contributed by atoms with Crippen LogP contribution in [0.4, 0.5) is 10.1 Å². The maximum Gasteiger partial charge on any atom is 0.310 e. The molecule has 98 valence electrons. The van der Waals surface area contributed by atoms with Gasteiger partial charge in [-0.2, -0.15) is 0 Å². The van der Waals surface area contributed by atoms with Crippen LogP contribution < -0.4 is 4.90 Å². The molecule has 4 heteroatoms. The van der Waals surface area contributed by atoms with Gasteiger partial charge in [0.2, 0.25) is 0 Å². The average Bonchev–Trinajstić information content (AvgIpc) is 2.77. The summed E-state index contributed by atoms with van der Waals surface area (Å²) in [5.74, 6) is -0.213. The van der Waals surface area contributed by atoms with Crippen molar-refractivity contribution in [1.82, 2.24) is 0 Å². The molecule has 1 heterocycles. The fraction of sp³-hybridized carbons (Fsp3) is 0.500. The first kappa shape index (κ1) is 12.9. The second-order valence-corrected chi connectivity index (χ2v) is 4.48. The van der Waals surface area contributed by atoms with Crippen LogP contribution in [0.15, 0.2) is 24.3 Å². The van der Waals surface area contributed by atoms with Gasteiger partial charge in [0, 0.05) is 18.8 Å². The minimum absolute atomic E-state index is 0.213. The molecule has 0 saturated carbocycles. The van der Waals surface area contributed by atoms with Crippen LogP contribution in [0.3, 0.4) is 0 Å². The Hall–Kier alpha value is -1.58. The minimum atomic E-state index is -0.718. The van der Waals surface area contributed by atoms with Crippen LogP contribution >= 0.6 is 0 Å². The van der Waals surface area contributed by atoms with Crippen molar-refractivity contribution in [2.24, 2.45) is 0 Å². The van der Waals surface area contributed by atoms with Gasteiger partial charge in [-0.05, 0) is 31.0 Å². The summed E-state index contributed by atoms with van der Waals surface area (Å²) in [6.45, 7) is 3.43. The lowest BCUT2D eigenvalue weighted by Crippen LogP contribution is -2.19. The van der Waals surface area contributed by atoms with E-state index in [9.17, 15) is 9.18 Å². The zero-order valence-corrected chi connectivity index (χ0v) is 10.6. The van der Waals surface area contributed by atoms with E-state index in [0.29, 0.717) is 26.0 Å². The first-order valence-electron chi connectivity index (χ1n) is 6.32. The van der Waals surface area contributed by atoms with Crippen molar-refractivity contribution in [2.75, 3.05) is 24.6 Å². The van der Waals surface area contributed by atoms with Crippen molar-refractivity contribution in [2.45, 2.75) is 25.9 Å². The van der Waals surface area contributed by atoms with E-state index < -0.39 is 6.17 Å². The molecule has 0 unspecified atom stereocenters. The van der Waals surface area contributed by atoms with E-state index in [4.69, 9.17) is 4.74 Å². The summed E-state index contributed by atoms with van der Waals surface area (Å²) >= 11 is 0. The van der Waals surface area contributed by atoms with Crippen LogP contribution in [0.2, 0.25) is 0 Å². The number of ether oxygens (including phenoxy) is 1. The van der Waals surface area contributed by atoms with Gasteiger partial charge >= 0.3 is 5.97 Å². The molecule has 1 aromatic carbocycles. The molecule has 0 amide bonds. The first-order valence-corrected chi connectivity index (χ1v) is 6.32. The van der Waals surface area contributed by atoms with Gasteiger partial charge in [0.25, 0.3) is 0 Å². The zero-order chi connectivity index (χ0) is 13.0. The Morgan fingerprint density at radius 2 is 2.17 bits per heavy atom. The number of anilines is 1. The van der Waals surface area contributed by atoms with Gasteiger partial charge in [0.15, 0.2) is 0 Å². The highest BCUT2D eigenvalue weighted by Crippen LogP contribution is 2.22. The van der Waals surface area contributed by atoms with Gasteiger partial charge in [-0.25, -0.2) is 4.39 Å². The Morgan fingerprint density at radius 3 is 2.72 bits per heavy atom. The molecular weight excluding hydrogens is 233 g/mol. The molecule has 1 aliphatic heterocycles. The predicted octanol–water partition coefficient (Wildman–Crippen LogP) is 2.34. The Morgan fingerprint density at radius 1 is 1.44 bits per heavy atom. The summed E-state index contributed by atoms with van der Waals surface area (Å²) in [4.78, 5) is 13.3. The maximum absolute atomic E-state index is 13.1. The Labute approximate surface area is 107 Å². The molecular formula is C14H18FNO2. The summed E-state index contributed by atoms with van der Waals surface area (Å²) in [6, 6.07) is 7.68. The fourth-order valence-corrected chi connectivity index (χ4v) is 2.16. The van der Waals surface area contributed by atoms with E-state index in [1.807, 2.05) is 29.2 Å². The highest BCUT2D eigenvalue weighted by molar-refractivity contribution is 5.72. The molecule has 1 saturated heterocycles. The van der Waals surface area contributed by atoms with Gasteiger partial charge in [-0.15, -0.1) is 0 Å². The summed E-state index contributed by atoms with van der Waals surface area (Å²) in [5.41, 5.74) is 1.94. The second-order valence-electron chi connectivity index (χ2n) is 4.48. The molecule has 0 spiro atoms. The van der Waals surface area contributed by atoms with E-state index in [-0.39, 0.29) is 5.97 Å². The molecule has 3 nitrogen and oxygen atoms in total. The molecule has 2 rings (SSSR count). The van der Waals surface area contributed by atoms with Crippen LogP contribution in [0.5, 0.6) is 0 Å².